The molecule has 2 saturated heterocycles. The molecule has 0 radical (unpaired) electrons. The predicted octanol–water partition coefficient (Wildman–Crippen LogP) is 2.37. The molecule has 2 heterocycles. The topological polar surface area (TPSA) is 74.2 Å². The van der Waals surface area contributed by atoms with E-state index in [1.165, 1.54) is 0 Å². The molecule has 0 spiro atoms. The number of hydrogen-bond acceptors (Lipinski definition) is 6. The van der Waals surface area contributed by atoms with Crippen LogP contribution in [0.1, 0.15) is 34.1 Å². The van der Waals surface area contributed by atoms with Gasteiger partial charge in [0.05, 0.1) is 19.3 Å². The first-order valence-corrected chi connectivity index (χ1v) is 13.1. The zero-order valence-electron chi connectivity index (χ0n) is 19.1. The minimum absolute atomic E-state index is 0.0756. The van der Waals surface area contributed by atoms with Crippen LogP contribution in [0.2, 0.25) is 5.04 Å². The molecule has 0 amide bonds. The Balaban J connectivity index is 1.67. The third-order valence-electron chi connectivity index (χ3n) is 6.36. The lowest BCUT2D eigenvalue weighted by Gasteiger charge is -2.44. The van der Waals surface area contributed by atoms with Crippen LogP contribution >= 0.6 is 0 Å². The molecule has 0 unspecified atom stereocenters. The van der Waals surface area contributed by atoms with Gasteiger partial charge in [0.15, 0.2) is 0 Å². The molecule has 4 atom stereocenters. The Hall–Kier alpha value is -2.03. The summed E-state index contributed by atoms with van der Waals surface area (Å²) in [6.07, 6.45) is -1.92. The average molecular weight is 457 g/mol. The molecule has 2 aliphatic rings. The minimum atomic E-state index is -2.77. The SMILES string of the molecule is CCOC(=O)[C@]12C[C@@H](O)[C@H](O1)[C@H](CO[Si](c1ccccc1)(c1ccccc1)C(C)(C)C)O2. The molecule has 2 aromatic carbocycles. The molecule has 172 valence electrons. The molecule has 2 fully saturated rings. The van der Waals surface area contributed by atoms with Crippen molar-refractivity contribution in [1.29, 1.82) is 0 Å². The van der Waals surface area contributed by atoms with Gasteiger partial charge in [-0.25, -0.2) is 4.79 Å². The molecule has 0 saturated carbocycles. The number of carbonyl (C=O) groups excluding carboxylic acids is 1. The maximum Gasteiger partial charge on any atom is 0.366 e. The first-order chi connectivity index (χ1) is 15.2. The second kappa shape index (κ2) is 8.72. The number of ether oxygens (including phenoxy) is 3. The molecule has 1 N–H and O–H groups in total. The summed E-state index contributed by atoms with van der Waals surface area (Å²) in [6.45, 7) is 8.76. The normalized spacial score (nSPS) is 27.5. The molecule has 6 nitrogen and oxygen atoms in total. The summed E-state index contributed by atoms with van der Waals surface area (Å²) in [5.41, 5.74) is 0. The Morgan fingerprint density at radius 2 is 1.62 bits per heavy atom. The Morgan fingerprint density at radius 3 is 2.12 bits per heavy atom. The van der Waals surface area contributed by atoms with Gasteiger partial charge in [-0.05, 0) is 22.3 Å². The third-order valence-corrected chi connectivity index (χ3v) is 11.4. The maximum atomic E-state index is 12.5. The Labute approximate surface area is 190 Å². The summed E-state index contributed by atoms with van der Waals surface area (Å²) in [4.78, 5) is 12.5. The number of carbonyl (C=O) groups is 1. The third kappa shape index (κ3) is 3.82. The number of hydrogen-bond donors (Lipinski definition) is 1. The van der Waals surface area contributed by atoms with Crippen LogP contribution in [0.3, 0.4) is 0 Å². The van der Waals surface area contributed by atoms with Gasteiger partial charge in [0.1, 0.15) is 12.2 Å². The first kappa shape index (κ1) is 23.1. The molecular weight excluding hydrogens is 424 g/mol. The number of aliphatic hydroxyl groups is 1. The van der Waals surface area contributed by atoms with Crippen LogP contribution in [0.4, 0.5) is 0 Å². The van der Waals surface area contributed by atoms with Crippen molar-refractivity contribution in [2.75, 3.05) is 13.2 Å². The molecule has 32 heavy (non-hydrogen) atoms. The number of rotatable bonds is 7. The lowest BCUT2D eigenvalue weighted by Crippen LogP contribution is -2.67. The van der Waals surface area contributed by atoms with Crippen molar-refractivity contribution in [2.24, 2.45) is 0 Å². The van der Waals surface area contributed by atoms with Crippen molar-refractivity contribution < 1.29 is 28.5 Å². The van der Waals surface area contributed by atoms with Crippen molar-refractivity contribution >= 4 is 24.7 Å². The molecule has 0 aromatic heterocycles. The van der Waals surface area contributed by atoms with E-state index in [0.29, 0.717) is 0 Å². The summed E-state index contributed by atoms with van der Waals surface area (Å²) >= 11 is 0. The van der Waals surface area contributed by atoms with Crippen molar-refractivity contribution in [3.63, 3.8) is 0 Å². The van der Waals surface area contributed by atoms with E-state index in [4.69, 9.17) is 18.6 Å². The van der Waals surface area contributed by atoms with Gasteiger partial charge in [-0.1, -0.05) is 81.4 Å². The zero-order chi connectivity index (χ0) is 23.0. The second-order valence-corrected chi connectivity index (χ2v) is 13.8. The highest BCUT2D eigenvalue weighted by molar-refractivity contribution is 6.99. The average Bonchev–Trinajstić information content (AvgIpc) is 3.31. The van der Waals surface area contributed by atoms with Gasteiger partial charge in [-0.3, -0.25) is 0 Å². The summed E-state index contributed by atoms with van der Waals surface area (Å²) in [5, 5.41) is 12.7. The number of benzene rings is 2. The van der Waals surface area contributed by atoms with Gasteiger partial charge in [0, 0.05) is 6.42 Å². The lowest BCUT2D eigenvalue weighted by molar-refractivity contribution is -0.209. The van der Waals surface area contributed by atoms with E-state index in [-0.39, 0.29) is 24.7 Å². The van der Waals surface area contributed by atoms with Gasteiger partial charge in [0.2, 0.25) is 0 Å². The minimum Gasteiger partial charge on any atom is -0.462 e. The number of esters is 1. The van der Waals surface area contributed by atoms with Crippen molar-refractivity contribution in [2.45, 2.75) is 63.3 Å². The van der Waals surface area contributed by atoms with E-state index in [0.717, 1.165) is 10.4 Å². The van der Waals surface area contributed by atoms with Gasteiger partial charge >= 0.3 is 5.97 Å². The molecule has 2 aliphatic heterocycles. The predicted molar refractivity (Wildman–Crippen MR) is 123 cm³/mol. The van der Waals surface area contributed by atoms with Crippen molar-refractivity contribution in [3.05, 3.63) is 60.7 Å². The highest BCUT2D eigenvalue weighted by Gasteiger charge is 2.64. The second-order valence-electron chi connectivity index (χ2n) is 9.46. The van der Waals surface area contributed by atoms with E-state index >= 15 is 0 Å². The van der Waals surface area contributed by atoms with Gasteiger partial charge in [-0.15, -0.1) is 0 Å². The molecular formula is C25H32O6Si. The fourth-order valence-corrected chi connectivity index (χ4v) is 9.54. The molecule has 0 aliphatic carbocycles. The van der Waals surface area contributed by atoms with E-state index in [2.05, 4.69) is 45.0 Å². The lowest BCUT2D eigenvalue weighted by atomic mass is 10.0. The maximum absolute atomic E-state index is 12.5. The molecule has 2 aromatic rings. The van der Waals surface area contributed by atoms with Crippen LogP contribution in [-0.2, 0) is 23.4 Å². The van der Waals surface area contributed by atoms with Crippen LogP contribution < -0.4 is 10.4 Å². The monoisotopic (exact) mass is 456 g/mol. The Kier molecular flexibility index (Phi) is 6.31. The summed E-state index contributed by atoms with van der Waals surface area (Å²) in [7, 11) is -2.77. The van der Waals surface area contributed by atoms with Crippen LogP contribution in [0.5, 0.6) is 0 Å². The summed E-state index contributed by atoms with van der Waals surface area (Å²) in [5.74, 6) is -2.13. The van der Waals surface area contributed by atoms with Crippen LogP contribution in [0, 0.1) is 0 Å². The molecule has 4 rings (SSSR count). The van der Waals surface area contributed by atoms with E-state index in [1.807, 2.05) is 36.4 Å². The van der Waals surface area contributed by atoms with Crippen LogP contribution in [0.25, 0.3) is 0 Å². The van der Waals surface area contributed by atoms with E-state index in [1.54, 1.807) is 6.92 Å². The first-order valence-electron chi connectivity index (χ1n) is 11.2. The zero-order valence-corrected chi connectivity index (χ0v) is 20.1. The Morgan fingerprint density at radius 1 is 1.06 bits per heavy atom. The highest BCUT2D eigenvalue weighted by atomic mass is 28.4. The number of fused-ring (bicyclic) bond motifs is 2. The Bertz CT molecular complexity index is 889. The van der Waals surface area contributed by atoms with Crippen LogP contribution in [-0.4, -0.2) is 56.7 Å². The van der Waals surface area contributed by atoms with Crippen molar-refractivity contribution in [1.82, 2.24) is 0 Å². The molecule has 7 heteroatoms. The summed E-state index contributed by atoms with van der Waals surface area (Å²) < 4.78 is 24.0. The van der Waals surface area contributed by atoms with E-state index < -0.39 is 38.4 Å². The summed E-state index contributed by atoms with van der Waals surface area (Å²) in [6, 6.07) is 20.6. The standard InChI is InChI=1S/C25H32O6Si/c1-5-28-23(27)25-16-20(26)22(31-25)21(30-25)17-29-32(24(2,3)4,18-12-8-6-9-13-18)19-14-10-7-11-15-19/h6-15,20-22,26H,5,16-17H2,1-4H3/t20-,21+,22+,25+/m1/s1. The largest absolute Gasteiger partial charge is 0.462 e. The van der Waals surface area contributed by atoms with Crippen molar-refractivity contribution in [3.8, 4) is 0 Å². The van der Waals surface area contributed by atoms with E-state index in [9.17, 15) is 9.90 Å². The van der Waals surface area contributed by atoms with Gasteiger partial charge < -0.3 is 23.7 Å². The molecule has 2 bridgehead atoms. The smallest absolute Gasteiger partial charge is 0.366 e. The highest BCUT2D eigenvalue weighted by Crippen LogP contribution is 2.44. The number of aliphatic hydroxyl groups excluding tert-OH is 1. The van der Waals surface area contributed by atoms with Gasteiger partial charge in [-0.2, -0.15) is 0 Å². The fourth-order valence-electron chi connectivity index (χ4n) is 4.97. The van der Waals surface area contributed by atoms with Crippen LogP contribution in [0.15, 0.2) is 60.7 Å². The quantitative estimate of drug-likeness (QED) is 0.509. The van der Waals surface area contributed by atoms with Gasteiger partial charge in [0.25, 0.3) is 14.1 Å². The fraction of sp³-hybridized carbons (Fsp3) is 0.480.